The topological polar surface area (TPSA) is 0 Å². The molecule has 0 heteroatoms. The van der Waals surface area contributed by atoms with E-state index >= 15 is 0 Å². The molecule has 0 N–H and O–H groups in total. The minimum absolute atomic E-state index is 0.670. The lowest BCUT2D eigenvalue weighted by Crippen LogP contribution is -1.99. The van der Waals surface area contributed by atoms with Crippen molar-refractivity contribution in [2.24, 2.45) is 5.92 Å². The number of rotatable bonds is 0. The highest BCUT2D eigenvalue weighted by molar-refractivity contribution is 5.39. The van der Waals surface area contributed by atoms with E-state index in [9.17, 15) is 0 Å². The molecule has 12 heavy (non-hydrogen) atoms. The van der Waals surface area contributed by atoms with Crippen molar-refractivity contribution in [3.05, 3.63) is 47.6 Å². The third-order valence-electron chi connectivity index (χ3n) is 2.51. The number of hydrogen-bond donors (Lipinski definition) is 0. The van der Waals surface area contributed by atoms with Crippen molar-refractivity contribution < 1.29 is 0 Å². The second-order valence-electron chi connectivity index (χ2n) is 3.52. The van der Waals surface area contributed by atoms with Crippen molar-refractivity contribution in [3.63, 3.8) is 0 Å². The highest BCUT2D eigenvalue weighted by Crippen LogP contribution is 2.27. The first kappa shape index (κ1) is 7.60. The lowest BCUT2D eigenvalue weighted by molar-refractivity contribution is 0.699. The first-order valence-corrected chi connectivity index (χ1v) is 4.59. The summed E-state index contributed by atoms with van der Waals surface area (Å²) in [4.78, 5) is 0. The summed E-state index contributed by atoms with van der Waals surface area (Å²) in [7, 11) is 0. The predicted octanol–water partition coefficient (Wildman–Crippen LogP) is 3.40. The highest BCUT2D eigenvalue weighted by atomic mass is 14.2. The molecule has 0 saturated heterocycles. The van der Waals surface area contributed by atoms with E-state index in [-0.39, 0.29) is 0 Å². The molecule has 2 aliphatic rings. The number of fused-ring (bicyclic) bond motifs is 1. The van der Waals surface area contributed by atoms with Crippen LogP contribution in [-0.4, -0.2) is 0 Å². The SMILES string of the molecule is CC1=CCCC2C=CC=CC2=C1. The Balaban J connectivity index is 2.31. The van der Waals surface area contributed by atoms with Crippen LogP contribution in [0.5, 0.6) is 0 Å². The average molecular weight is 158 g/mol. The summed E-state index contributed by atoms with van der Waals surface area (Å²) in [6.45, 7) is 2.18. The summed E-state index contributed by atoms with van der Waals surface area (Å²) in [6.07, 6.45) is 15.9. The lowest BCUT2D eigenvalue weighted by atomic mass is 9.91. The van der Waals surface area contributed by atoms with Crippen LogP contribution in [0.4, 0.5) is 0 Å². The second kappa shape index (κ2) is 3.14. The molecule has 0 aromatic rings. The molecule has 62 valence electrons. The van der Waals surface area contributed by atoms with E-state index in [4.69, 9.17) is 0 Å². The van der Waals surface area contributed by atoms with Gasteiger partial charge in [-0.2, -0.15) is 0 Å². The number of allylic oxidation sites excluding steroid dienone is 8. The zero-order valence-corrected chi connectivity index (χ0v) is 7.46. The summed E-state index contributed by atoms with van der Waals surface area (Å²) in [5.41, 5.74) is 2.89. The molecule has 0 aliphatic heterocycles. The van der Waals surface area contributed by atoms with E-state index in [0.29, 0.717) is 5.92 Å². The van der Waals surface area contributed by atoms with Gasteiger partial charge in [0.05, 0.1) is 0 Å². The maximum atomic E-state index is 2.33. The first-order valence-electron chi connectivity index (χ1n) is 4.59. The molecule has 0 radical (unpaired) electrons. The fourth-order valence-corrected chi connectivity index (χ4v) is 1.83. The Morgan fingerprint density at radius 1 is 1.33 bits per heavy atom. The zero-order valence-electron chi connectivity index (χ0n) is 7.46. The van der Waals surface area contributed by atoms with Crippen LogP contribution in [0.25, 0.3) is 0 Å². The molecule has 1 unspecified atom stereocenters. The van der Waals surface area contributed by atoms with Gasteiger partial charge in [0.25, 0.3) is 0 Å². The highest BCUT2D eigenvalue weighted by Gasteiger charge is 2.12. The standard InChI is InChI=1S/C12H14/c1-10-5-4-8-11-6-2-3-7-12(11)9-10/h2-3,5-7,9,11H,4,8H2,1H3. The minimum atomic E-state index is 0.670. The summed E-state index contributed by atoms with van der Waals surface area (Å²) in [6, 6.07) is 0. The van der Waals surface area contributed by atoms with Crippen LogP contribution in [-0.2, 0) is 0 Å². The van der Waals surface area contributed by atoms with Crippen molar-refractivity contribution in [1.29, 1.82) is 0 Å². The molecule has 2 aliphatic carbocycles. The van der Waals surface area contributed by atoms with E-state index < -0.39 is 0 Å². The maximum absolute atomic E-state index is 2.33. The van der Waals surface area contributed by atoms with Crippen LogP contribution >= 0.6 is 0 Å². The third-order valence-corrected chi connectivity index (χ3v) is 2.51. The average Bonchev–Trinajstić information content (AvgIpc) is 2.25. The predicted molar refractivity (Wildman–Crippen MR) is 52.8 cm³/mol. The largest absolute Gasteiger partial charge is 0.0816 e. The summed E-state index contributed by atoms with van der Waals surface area (Å²) < 4.78 is 0. The summed E-state index contributed by atoms with van der Waals surface area (Å²) in [5.74, 6) is 0.670. The van der Waals surface area contributed by atoms with Crippen LogP contribution < -0.4 is 0 Å². The van der Waals surface area contributed by atoms with Crippen molar-refractivity contribution in [1.82, 2.24) is 0 Å². The van der Waals surface area contributed by atoms with Gasteiger partial charge in [-0.1, -0.05) is 42.0 Å². The van der Waals surface area contributed by atoms with Crippen LogP contribution in [0.2, 0.25) is 0 Å². The molecule has 0 spiro atoms. The Morgan fingerprint density at radius 3 is 3.17 bits per heavy atom. The van der Waals surface area contributed by atoms with Gasteiger partial charge in [0.15, 0.2) is 0 Å². The zero-order chi connectivity index (χ0) is 8.39. The summed E-state index contributed by atoms with van der Waals surface area (Å²) in [5, 5.41) is 0. The maximum Gasteiger partial charge on any atom is 0.00241 e. The van der Waals surface area contributed by atoms with Gasteiger partial charge in [-0.15, -0.1) is 0 Å². The fourth-order valence-electron chi connectivity index (χ4n) is 1.83. The molecular weight excluding hydrogens is 144 g/mol. The Morgan fingerprint density at radius 2 is 2.25 bits per heavy atom. The second-order valence-corrected chi connectivity index (χ2v) is 3.52. The van der Waals surface area contributed by atoms with Crippen LogP contribution in [0.1, 0.15) is 19.8 Å². The molecule has 1 atom stereocenters. The smallest absolute Gasteiger partial charge is 0.00241 e. The molecule has 0 aromatic heterocycles. The molecule has 2 rings (SSSR count). The van der Waals surface area contributed by atoms with Crippen molar-refractivity contribution >= 4 is 0 Å². The molecule has 0 bridgehead atoms. The van der Waals surface area contributed by atoms with E-state index in [2.05, 4.69) is 43.4 Å². The normalized spacial score (nSPS) is 27.2. The first-order chi connectivity index (χ1) is 5.86. The molecule has 0 heterocycles. The number of hydrogen-bond acceptors (Lipinski definition) is 0. The van der Waals surface area contributed by atoms with Gasteiger partial charge in [-0.25, -0.2) is 0 Å². The van der Waals surface area contributed by atoms with Crippen LogP contribution in [0, 0.1) is 5.92 Å². The van der Waals surface area contributed by atoms with E-state index in [1.54, 1.807) is 0 Å². The van der Waals surface area contributed by atoms with Crippen molar-refractivity contribution in [3.8, 4) is 0 Å². The van der Waals surface area contributed by atoms with Gasteiger partial charge in [-0.3, -0.25) is 0 Å². The van der Waals surface area contributed by atoms with Gasteiger partial charge in [-0.05, 0) is 25.3 Å². The summed E-state index contributed by atoms with van der Waals surface area (Å²) >= 11 is 0. The Labute approximate surface area is 74.0 Å². The Kier molecular flexibility index (Phi) is 1.99. The van der Waals surface area contributed by atoms with E-state index in [0.717, 1.165) is 0 Å². The third kappa shape index (κ3) is 1.42. The molecule has 0 amide bonds. The fraction of sp³-hybridized carbons (Fsp3) is 0.333. The lowest BCUT2D eigenvalue weighted by Gasteiger charge is -2.13. The quantitative estimate of drug-likeness (QED) is 0.507. The van der Waals surface area contributed by atoms with Gasteiger partial charge >= 0.3 is 0 Å². The molecule has 0 saturated carbocycles. The van der Waals surface area contributed by atoms with Gasteiger partial charge in [0.1, 0.15) is 0 Å². The van der Waals surface area contributed by atoms with E-state index in [1.165, 1.54) is 24.0 Å². The van der Waals surface area contributed by atoms with Crippen LogP contribution in [0.15, 0.2) is 47.6 Å². The van der Waals surface area contributed by atoms with Gasteiger partial charge < -0.3 is 0 Å². The van der Waals surface area contributed by atoms with Crippen molar-refractivity contribution in [2.45, 2.75) is 19.8 Å². The van der Waals surface area contributed by atoms with Gasteiger partial charge in [0.2, 0.25) is 0 Å². The molecule has 0 aromatic carbocycles. The Bertz CT molecular complexity index is 287. The van der Waals surface area contributed by atoms with E-state index in [1.807, 2.05) is 0 Å². The monoisotopic (exact) mass is 158 g/mol. The molecule has 0 nitrogen and oxygen atoms in total. The molecule has 0 fully saturated rings. The van der Waals surface area contributed by atoms with Crippen LogP contribution in [0.3, 0.4) is 0 Å². The Hall–Kier alpha value is -1.04. The molecular formula is C12H14. The van der Waals surface area contributed by atoms with Crippen molar-refractivity contribution in [2.75, 3.05) is 0 Å². The minimum Gasteiger partial charge on any atom is -0.0816 e. The van der Waals surface area contributed by atoms with Gasteiger partial charge in [0, 0.05) is 5.92 Å².